The molecule has 2 heteroatoms. The number of anilines is 3. The van der Waals surface area contributed by atoms with Crippen LogP contribution in [0.3, 0.4) is 0 Å². The molecule has 298 valence electrons. The Morgan fingerprint density at radius 2 is 0.859 bits per heavy atom. The Hall–Kier alpha value is -8.46. The summed E-state index contributed by atoms with van der Waals surface area (Å²) in [5, 5.41) is 15.0. The van der Waals surface area contributed by atoms with E-state index in [0.717, 1.165) is 22.7 Å². The van der Waals surface area contributed by atoms with Gasteiger partial charge in [0.2, 0.25) is 0 Å². The van der Waals surface area contributed by atoms with Crippen molar-refractivity contribution in [1.82, 2.24) is 4.57 Å². The third kappa shape index (κ3) is 5.73. The lowest BCUT2D eigenvalue weighted by atomic mass is 9.95. The number of para-hydroxylation sites is 1. The lowest BCUT2D eigenvalue weighted by molar-refractivity contribution is 1.18. The van der Waals surface area contributed by atoms with Crippen LogP contribution in [0.15, 0.2) is 243 Å². The third-order valence-corrected chi connectivity index (χ3v) is 13.3. The van der Waals surface area contributed by atoms with Crippen molar-refractivity contribution in [2.45, 2.75) is 0 Å². The van der Waals surface area contributed by atoms with Gasteiger partial charge >= 0.3 is 0 Å². The Morgan fingerprint density at radius 3 is 1.67 bits per heavy atom. The molecule has 12 aromatic carbocycles. The Labute approximate surface area is 371 Å². The molecule has 2 nitrogen and oxygen atoms in total. The molecule has 13 aromatic rings. The number of benzene rings is 12. The summed E-state index contributed by atoms with van der Waals surface area (Å²) in [6.07, 6.45) is 0. The van der Waals surface area contributed by atoms with E-state index < -0.39 is 0 Å². The highest BCUT2D eigenvalue weighted by molar-refractivity contribution is 6.25. The van der Waals surface area contributed by atoms with Gasteiger partial charge in [0.15, 0.2) is 0 Å². The lowest BCUT2D eigenvalue weighted by Crippen LogP contribution is -2.11. The topological polar surface area (TPSA) is 8.17 Å². The van der Waals surface area contributed by atoms with Gasteiger partial charge in [0.05, 0.1) is 16.7 Å². The van der Waals surface area contributed by atoms with E-state index in [1.54, 1.807) is 0 Å². The van der Waals surface area contributed by atoms with Gasteiger partial charge in [-0.05, 0) is 131 Å². The smallest absolute Gasteiger partial charge is 0.0547 e. The van der Waals surface area contributed by atoms with Gasteiger partial charge in [-0.2, -0.15) is 0 Å². The van der Waals surface area contributed by atoms with Crippen LogP contribution >= 0.6 is 0 Å². The van der Waals surface area contributed by atoms with E-state index in [-0.39, 0.29) is 0 Å². The van der Waals surface area contributed by atoms with E-state index in [0.29, 0.717) is 0 Å². The van der Waals surface area contributed by atoms with Gasteiger partial charge in [-0.15, -0.1) is 0 Å². The molecule has 0 saturated heterocycles. The highest BCUT2D eigenvalue weighted by atomic mass is 15.1. The summed E-state index contributed by atoms with van der Waals surface area (Å²) in [6.45, 7) is 0. The number of hydrogen-bond donors (Lipinski definition) is 0. The predicted octanol–water partition coefficient (Wildman–Crippen LogP) is 17.4. The Kier molecular flexibility index (Phi) is 8.25. The molecule has 0 aliphatic rings. The van der Waals surface area contributed by atoms with E-state index in [1.807, 2.05) is 0 Å². The van der Waals surface area contributed by atoms with Gasteiger partial charge in [-0.1, -0.05) is 182 Å². The first-order chi connectivity index (χ1) is 31.7. The van der Waals surface area contributed by atoms with Gasteiger partial charge in [-0.25, -0.2) is 0 Å². The molecule has 0 N–H and O–H groups in total. The molecule has 0 bridgehead atoms. The van der Waals surface area contributed by atoms with Crippen LogP contribution < -0.4 is 4.90 Å². The second-order valence-corrected chi connectivity index (χ2v) is 16.9. The molecule has 1 heterocycles. The SMILES string of the molecule is c1ccc(-n2c3cccc(-c4cccc(N(c5ccc(-c6ccc7c(ccc8ccccc87)c6)cc5)c5cc6ccccc6c6ccccc56)c4)c3c3c4ccccc4ccc32)cc1. The van der Waals surface area contributed by atoms with Crippen LogP contribution in [0, 0.1) is 0 Å². The largest absolute Gasteiger partial charge is 0.310 e. The quantitative estimate of drug-likeness (QED) is 0.152. The maximum absolute atomic E-state index is 2.46. The van der Waals surface area contributed by atoms with Gasteiger partial charge in [0.1, 0.15) is 0 Å². The molecule has 0 spiro atoms. The summed E-state index contributed by atoms with van der Waals surface area (Å²) in [7, 11) is 0. The van der Waals surface area contributed by atoms with Crippen molar-refractivity contribution in [2.75, 3.05) is 4.90 Å². The first-order valence-electron chi connectivity index (χ1n) is 22.1. The molecule has 13 rings (SSSR count). The number of aromatic nitrogens is 1. The van der Waals surface area contributed by atoms with Crippen molar-refractivity contribution in [3.8, 4) is 27.9 Å². The van der Waals surface area contributed by atoms with Crippen LogP contribution in [0.4, 0.5) is 17.1 Å². The van der Waals surface area contributed by atoms with Crippen LogP contribution in [0.25, 0.3) is 104 Å². The van der Waals surface area contributed by atoms with Gasteiger partial charge in [0, 0.05) is 33.2 Å². The van der Waals surface area contributed by atoms with E-state index in [4.69, 9.17) is 0 Å². The summed E-state index contributed by atoms with van der Waals surface area (Å²) in [6, 6.07) is 89.1. The molecule has 0 fully saturated rings. The molecule has 0 aliphatic carbocycles. The van der Waals surface area contributed by atoms with Crippen molar-refractivity contribution in [2.24, 2.45) is 0 Å². The van der Waals surface area contributed by atoms with Crippen LogP contribution in [0.2, 0.25) is 0 Å². The Bertz CT molecular complexity index is 3950. The van der Waals surface area contributed by atoms with Crippen molar-refractivity contribution in [1.29, 1.82) is 0 Å². The second-order valence-electron chi connectivity index (χ2n) is 16.9. The fourth-order valence-electron chi connectivity index (χ4n) is 10.4. The average molecular weight is 813 g/mol. The minimum Gasteiger partial charge on any atom is -0.310 e. The maximum Gasteiger partial charge on any atom is 0.0547 e. The molecule has 0 amide bonds. The zero-order chi connectivity index (χ0) is 42.1. The van der Waals surface area contributed by atoms with Crippen LogP contribution in [-0.4, -0.2) is 4.57 Å². The highest BCUT2D eigenvalue weighted by Crippen LogP contribution is 2.46. The lowest BCUT2D eigenvalue weighted by Gasteiger charge is -2.28. The highest BCUT2D eigenvalue weighted by Gasteiger charge is 2.21. The molecule has 0 saturated carbocycles. The molecule has 0 atom stereocenters. The summed E-state index contributed by atoms with van der Waals surface area (Å²) in [5.74, 6) is 0. The summed E-state index contributed by atoms with van der Waals surface area (Å²) in [5.41, 5.74) is 11.6. The fourth-order valence-corrected chi connectivity index (χ4v) is 10.4. The van der Waals surface area contributed by atoms with Gasteiger partial charge < -0.3 is 9.47 Å². The van der Waals surface area contributed by atoms with Crippen LogP contribution in [-0.2, 0) is 0 Å². The molecular formula is C62H40N2. The number of hydrogen-bond acceptors (Lipinski definition) is 1. The van der Waals surface area contributed by atoms with Crippen molar-refractivity contribution >= 4 is 92.7 Å². The van der Waals surface area contributed by atoms with E-state index >= 15 is 0 Å². The number of rotatable bonds is 6. The van der Waals surface area contributed by atoms with Crippen molar-refractivity contribution < 1.29 is 0 Å². The van der Waals surface area contributed by atoms with E-state index in [9.17, 15) is 0 Å². The molecular weight excluding hydrogens is 773 g/mol. The van der Waals surface area contributed by atoms with E-state index in [1.165, 1.54) is 97.9 Å². The predicted molar refractivity (Wildman–Crippen MR) is 274 cm³/mol. The molecule has 1 aromatic heterocycles. The summed E-state index contributed by atoms with van der Waals surface area (Å²) >= 11 is 0. The normalized spacial score (nSPS) is 11.8. The van der Waals surface area contributed by atoms with Crippen LogP contribution in [0.5, 0.6) is 0 Å². The molecule has 64 heavy (non-hydrogen) atoms. The standard InChI is InChI=1S/C62H40N2/c1-2-18-48(19-3-1)64-58-27-13-26-55(62(58)61-54-23-9-5-15-43(54)33-37-59(61)64)45-17-12-20-50(39-45)63(60-40-46-16-6-8-22-52(46)56-24-10-11-25-57(56)60)49-34-30-41(31-35-49)44-32-36-53-47(38-44)29-28-42-14-4-7-21-51(42)53/h1-40H. The van der Waals surface area contributed by atoms with Gasteiger partial charge in [-0.3, -0.25) is 0 Å². The van der Waals surface area contributed by atoms with Crippen molar-refractivity contribution in [3.63, 3.8) is 0 Å². The van der Waals surface area contributed by atoms with Crippen LogP contribution in [0.1, 0.15) is 0 Å². The van der Waals surface area contributed by atoms with Gasteiger partial charge in [0.25, 0.3) is 0 Å². The Balaban J connectivity index is 1.02. The average Bonchev–Trinajstić information content (AvgIpc) is 3.72. The summed E-state index contributed by atoms with van der Waals surface area (Å²) in [4.78, 5) is 2.46. The number of fused-ring (bicyclic) bond motifs is 11. The zero-order valence-corrected chi connectivity index (χ0v) is 35.0. The first-order valence-corrected chi connectivity index (χ1v) is 22.1. The fraction of sp³-hybridized carbons (Fsp3) is 0. The molecule has 0 aliphatic heterocycles. The first kappa shape index (κ1) is 36.2. The van der Waals surface area contributed by atoms with Crippen molar-refractivity contribution in [3.05, 3.63) is 243 Å². The zero-order valence-electron chi connectivity index (χ0n) is 35.0. The number of nitrogens with zero attached hydrogens (tertiary/aromatic N) is 2. The third-order valence-electron chi connectivity index (χ3n) is 13.3. The minimum absolute atomic E-state index is 1.09. The van der Waals surface area contributed by atoms with E-state index in [2.05, 4.69) is 252 Å². The molecule has 0 radical (unpaired) electrons. The molecule has 0 unspecified atom stereocenters. The summed E-state index contributed by atoms with van der Waals surface area (Å²) < 4.78 is 2.43. The Morgan fingerprint density at radius 1 is 0.281 bits per heavy atom. The maximum atomic E-state index is 2.46. The second kappa shape index (κ2) is 14.6. The minimum atomic E-state index is 1.09. The monoisotopic (exact) mass is 812 g/mol.